The largest absolute Gasteiger partial charge is 0.481 e. The lowest BCUT2D eigenvalue weighted by molar-refractivity contribution is -0.143. The fraction of sp³-hybridized carbons (Fsp3) is 0.688. The number of carbonyl (C=O) groups excluding carboxylic acids is 3. The summed E-state index contributed by atoms with van der Waals surface area (Å²) < 4.78 is 0. The van der Waals surface area contributed by atoms with Gasteiger partial charge in [0.15, 0.2) is 0 Å². The van der Waals surface area contributed by atoms with Gasteiger partial charge in [-0.25, -0.2) is 4.79 Å². The molecule has 12 nitrogen and oxygen atoms in total. The minimum Gasteiger partial charge on any atom is -0.481 e. The zero-order chi connectivity index (χ0) is 22.6. The summed E-state index contributed by atoms with van der Waals surface area (Å²) in [5.74, 6) is -4.43. The number of nitrogens with two attached hydrogens (primary N) is 1. The highest BCUT2D eigenvalue weighted by Crippen LogP contribution is 2.04. The lowest BCUT2D eigenvalue weighted by Gasteiger charge is -2.23. The number of thioether (sulfide) groups is 1. The molecule has 4 atom stereocenters. The molecule has 0 aromatic rings. The van der Waals surface area contributed by atoms with Crippen molar-refractivity contribution in [2.24, 2.45) is 5.73 Å². The van der Waals surface area contributed by atoms with Crippen LogP contribution in [0.3, 0.4) is 0 Å². The number of hydrogen-bond donors (Lipinski definition) is 7. The number of carboxylic acids is 2. The standard InChI is InChI=1S/C16H28N4O8S/c1-8(18-14(25)9(17)7-21)13(24)19-10(3-4-12(22)23)15(26)20-11(16(27)28)5-6-29-2/h8-11,21H,3-7,17H2,1-2H3,(H,18,25)(H,19,24)(H,20,26)(H,22,23)(H,27,28). The normalized spacial score (nSPS) is 14.8. The lowest BCUT2D eigenvalue weighted by atomic mass is 10.1. The highest BCUT2D eigenvalue weighted by atomic mass is 32.2. The van der Waals surface area contributed by atoms with E-state index in [1.54, 1.807) is 6.26 Å². The molecular formula is C16H28N4O8S. The number of carboxylic acid groups (broad SMARTS) is 2. The molecule has 0 radical (unpaired) electrons. The second-order valence-corrected chi connectivity index (χ2v) is 7.18. The van der Waals surface area contributed by atoms with Crippen LogP contribution in [0, 0.1) is 0 Å². The third kappa shape index (κ3) is 10.7. The van der Waals surface area contributed by atoms with E-state index < -0.39 is 66.9 Å². The summed E-state index contributed by atoms with van der Waals surface area (Å²) >= 11 is 1.39. The molecule has 3 amide bonds. The topological polar surface area (TPSA) is 208 Å². The lowest BCUT2D eigenvalue weighted by Crippen LogP contribution is -2.56. The highest BCUT2D eigenvalue weighted by molar-refractivity contribution is 7.98. The molecule has 0 aliphatic carbocycles. The monoisotopic (exact) mass is 436 g/mol. The first-order valence-corrected chi connectivity index (χ1v) is 10.1. The molecule has 0 aromatic carbocycles. The van der Waals surface area contributed by atoms with Gasteiger partial charge in [-0.05, 0) is 31.8 Å². The fourth-order valence-electron chi connectivity index (χ4n) is 2.07. The third-order valence-corrected chi connectivity index (χ3v) is 4.43. The van der Waals surface area contributed by atoms with Gasteiger partial charge in [-0.1, -0.05) is 0 Å². The van der Waals surface area contributed by atoms with Crippen LogP contribution in [0.2, 0.25) is 0 Å². The molecule has 0 bridgehead atoms. The van der Waals surface area contributed by atoms with E-state index in [9.17, 15) is 29.1 Å². The molecule has 0 heterocycles. The Morgan fingerprint density at radius 2 is 1.52 bits per heavy atom. The summed E-state index contributed by atoms with van der Waals surface area (Å²) in [4.78, 5) is 58.5. The van der Waals surface area contributed by atoms with E-state index in [-0.39, 0.29) is 12.8 Å². The number of carbonyl (C=O) groups is 5. The van der Waals surface area contributed by atoms with E-state index in [2.05, 4.69) is 16.0 Å². The molecule has 0 rings (SSSR count). The Hall–Kier alpha value is -2.38. The maximum Gasteiger partial charge on any atom is 0.326 e. The third-order valence-electron chi connectivity index (χ3n) is 3.79. The minimum absolute atomic E-state index is 0.146. The molecule has 0 spiro atoms. The van der Waals surface area contributed by atoms with Crippen LogP contribution in [-0.4, -0.2) is 87.8 Å². The number of amides is 3. The van der Waals surface area contributed by atoms with Crippen LogP contribution < -0.4 is 21.7 Å². The van der Waals surface area contributed by atoms with Crippen molar-refractivity contribution in [1.82, 2.24) is 16.0 Å². The Kier molecular flexibility index (Phi) is 12.6. The second-order valence-electron chi connectivity index (χ2n) is 6.19. The zero-order valence-electron chi connectivity index (χ0n) is 16.2. The maximum atomic E-state index is 12.4. The van der Waals surface area contributed by atoms with Crippen molar-refractivity contribution in [3.63, 3.8) is 0 Å². The molecule has 0 saturated carbocycles. The molecule has 29 heavy (non-hydrogen) atoms. The van der Waals surface area contributed by atoms with Crippen molar-refractivity contribution in [3.05, 3.63) is 0 Å². The average Bonchev–Trinajstić information content (AvgIpc) is 2.66. The summed E-state index contributed by atoms with van der Waals surface area (Å²) in [5, 5.41) is 33.7. The first-order valence-electron chi connectivity index (χ1n) is 8.74. The van der Waals surface area contributed by atoms with Crippen LogP contribution in [0.25, 0.3) is 0 Å². The van der Waals surface area contributed by atoms with Crippen LogP contribution in [0.1, 0.15) is 26.2 Å². The van der Waals surface area contributed by atoms with E-state index in [1.165, 1.54) is 18.7 Å². The van der Waals surface area contributed by atoms with Crippen LogP contribution >= 0.6 is 11.8 Å². The molecule has 0 aliphatic rings. The van der Waals surface area contributed by atoms with Gasteiger partial charge in [-0.3, -0.25) is 19.2 Å². The molecule has 0 fully saturated rings. The Labute approximate surface area is 172 Å². The van der Waals surface area contributed by atoms with Gasteiger partial charge in [0.1, 0.15) is 24.2 Å². The van der Waals surface area contributed by atoms with Crippen molar-refractivity contribution in [3.8, 4) is 0 Å². The quantitative estimate of drug-likeness (QED) is 0.152. The van der Waals surface area contributed by atoms with E-state index in [0.29, 0.717) is 5.75 Å². The number of hydrogen-bond acceptors (Lipinski definition) is 8. The summed E-state index contributed by atoms with van der Waals surface area (Å²) in [5.41, 5.74) is 5.34. The summed E-state index contributed by atoms with van der Waals surface area (Å²) in [6.45, 7) is 0.679. The smallest absolute Gasteiger partial charge is 0.326 e. The van der Waals surface area contributed by atoms with Crippen LogP contribution in [-0.2, 0) is 24.0 Å². The molecule has 4 unspecified atom stereocenters. The zero-order valence-corrected chi connectivity index (χ0v) is 17.0. The molecule has 166 valence electrons. The highest BCUT2D eigenvalue weighted by Gasteiger charge is 2.28. The SMILES string of the molecule is CSCCC(NC(=O)C(CCC(=O)O)NC(=O)C(C)NC(=O)C(N)CO)C(=O)O. The van der Waals surface area contributed by atoms with E-state index in [4.69, 9.17) is 15.9 Å². The van der Waals surface area contributed by atoms with Crippen molar-refractivity contribution >= 4 is 41.4 Å². The Bertz CT molecular complexity index is 603. The fourth-order valence-corrected chi connectivity index (χ4v) is 2.54. The second kappa shape index (κ2) is 13.7. The van der Waals surface area contributed by atoms with Crippen molar-refractivity contribution in [2.75, 3.05) is 18.6 Å². The van der Waals surface area contributed by atoms with E-state index >= 15 is 0 Å². The van der Waals surface area contributed by atoms with Gasteiger partial charge >= 0.3 is 11.9 Å². The molecular weight excluding hydrogens is 408 g/mol. The van der Waals surface area contributed by atoms with Crippen LogP contribution in [0.15, 0.2) is 0 Å². The molecule has 0 aromatic heterocycles. The molecule has 8 N–H and O–H groups in total. The maximum absolute atomic E-state index is 12.4. The van der Waals surface area contributed by atoms with Crippen molar-refractivity contribution in [2.45, 2.75) is 50.4 Å². The first kappa shape index (κ1) is 26.6. The van der Waals surface area contributed by atoms with Gasteiger partial charge < -0.3 is 37.0 Å². The minimum atomic E-state index is -1.32. The molecule has 13 heteroatoms. The number of aliphatic hydroxyl groups excluding tert-OH is 1. The van der Waals surface area contributed by atoms with Gasteiger partial charge in [0.25, 0.3) is 0 Å². The predicted octanol–water partition coefficient (Wildman–Crippen LogP) is -2.52. The van der Waals surface area contributed by atoms with Gasteiger partial charge in [-0.2, -0.15) is 11.8 Å². The Morgan fingerprint density at radius 3 is 2.00 bits per heavy atom. The average molecular weight is 436 g/mol. The van der Waals surface area contributed by atoms with Gasteiger partial charge in [0.05, 0.1) is 6.61 Å². The number of aliphatic carboxylic acids is 2. The summed E-state index contributed by atoms with van der Waals surface area (Å²) in [6, 6.07) is -4.88. The predicted molar refractivity (Wildman–Crippen MR) is 104 cm³/mol. The van der Waals surface area contributed by atoms with Crippen molar-refractivity contribution < 1.29 is 39.3 Å². The number of aliphatic hydroxyl groups is 1. The van der Waals surface area contributed by atoms with Gasteiger partial charge in [0.2, 0.25) is 17.7 Å². The first-order chi connectivity index (χ1) is 13.5. The number of nitrogens with one attached hydrogen (secondary N) is 3. The van der Waals surface area contributed by atoms with Crippen LogP contribution in [0.4, 0.5) is 0 Å². The van der Waals surface area contributed by atoms with Crippen molar-refractivity contribution in [1.29, 1.82) is 0 Å². The van der Waals surface area contributed by atoms with Crippen LogP contribution in [0.5, 0.6) is 0 Å². The van der Waals surface area contributed by atoms with Gasteiger partial charge in [-0.15, -0.1) is 0 Å². The van der Waals surface area contributed by atoms with Gasteiger partial charge in [0, 0.05) is 6.42 Å². The Balaban J connectivity index is 5.12. The molecule has 0 saturated heterocycles. The summed E-state index contributed by atoms with van der Waals surface area (Å²) in [6.07, 6.45) is 1.19. The molecule has 0 aliphatic heterocycles. The van der Waals surface area contributed by atoms with E-state index in [1.807, 2.05) is 0 Å². The number of rotatable bonds is 14. The summed E-state index contributed by atoms with van der Waals surface area (Å²) in [7, 11) is 0. The Morgan fingerprint density at radius 1 is 0.931 bits per heavy atom. The van der Waals surface area contributed by atoms with E-state index in [0.717, 1.165) is 0 Å².